The van der Waals surface area contributed by atoms with Gasteiger partial charge in [0, 0.05) is 47.6 Å². The molecular weight excluding hydrogens is 486 g/mol. The van der Waals surface area contributed by atoms with Gasteiger partial charge in [0.15, 0.2) is 17.5 Å². The zero-order chi connectivity index (χ0) is 25.1. The van der Waals surface area contributed by atoms with Gasteiger partial charge in [-0.05, 0) is 24.3 Å². The number of rotatable bonds is 3. The first-order valence-electron chi connectivity index (χ1n) is 12.5. The largest absolute Gasteiger partial charge is 0.456 e. The number of aromatic nitrogens is 3. The van der Waals surface area contributed by atoms with E-state index in [1.54, 1.807) is 11.3 Å². The third-order valence-electron chi connectivity index (χ3n) is 6.96. The van der Waals surface area contributed by atoms with Gasteiger partial charge in [0.2, 0.25) is 0 Å². The van der Waals surface area contributed by atoms with Crippen molar-refractivity contribution in [2.75, 3.05) is 0 Å². The van der Waals surface area contributed by atoms with E-state index in [2.05, 4.69) is 54.6 Å². The smallest absolute Gasteiger partial charge is 0.165 e. The molecule has 8 aromatic rings. The summed E-state index contributed by atoms with van der Waals surface area (Å²) in [4.78, 5) is 15.1. The summed E-state index contributed by atoms with van der Waals surface area (Å²) in [7, 11) is 0. The average molecular weight is 506 g/mol. The molecule has 0 saturated heterocycles. The second-order valence-electron chi connectivity index (χ2n) is 9.23. The Morgan fingerprint density at radius 2 is 1.11 bits per heavy atom. The first-order chi connectivity index (χ1) is 18.8. The van der Waals surface area contributed by atoms with Crippen molar-refractivity contribution in [2.45, 2.75) is 0 Å². The number of hydrogen-bond donors (Lipinski definition) is 0. The van der Waals surface area contributed by atoms with Gasteiger partial charge in [0.05, 0.1) is 0 Å². The molecule has 5 aromatic carbocycles. The molecule has 178 valence electrons. The summed E-state index contributed by atoms with van der Waals surface area (Å²) in [6.07, 6.45) is 0. The monoisotopic (exact) mass is 505 g/mol. The van der Waals surface area contributed by atoms with Gasteiger partial charge in [-0.25, -0.2) is 15.0 Å². The van der Waals surface area contributed by atoms with E-state index >= 15 is 0 Å². The summed E-state index contributed by atoms with van der Waals surface area (Å²) in [6, 6.07) is 39.2. The molecular formula is C33H19N3OS. The standard InChI is InChI=1S/C33H19N3OS/c1-2-10-20(11-3-1)31-34-32(24-15-9-18-27-29(24)23-13-4-6-17-26(23)37-27)36-33(35-31)25-16-8-14-22-21-12-5-7-19-28(21)38-30(22)25/h1-19H. The van der Waals surface area contributed by atoms with Gasteiger partial charge in [0.1, 0.15) is 11.2 Å². The predicted molar refractivity (Wildman–Crippen MR) is 156 cm³/mol. The third kappa shape index (κ3) is 3.26. The summed E-state index contributed by atoms with van der Waals surface area (Å²) in [6.45, 7) is 0. The zero-order valence-electron chi connectivity index (χ0n) is 20.1. The molecule has 0 radical (unpaired) electrons. The van der Waals surface area contributed by atoms with Crippen molar-refractivity contribution in [1.82, 2.24) is 15.0 Å². The van der Waals surface area contributed by atoms with Gasteiger partial charge < -0.3 is 4.42 Å². The summed E-state index contributed by atoms with van der Waals surface area (Å²) in [5, 5.41) is 4.53. The van der Waals surface area contributed by atoms with E-state index in [0.717, 1.165) is 38.6 Å². The van der Waals surface area contributed by atoms with Crippen LogP contribution in [0.5, 0.6) is 0 Å². The van der Waals surface area contributed by atoms with Crippen LogP contribution >= 0.6 is 11.3 Å². The molecule has 5 heteroatoms. The molecule has 0 N–H and O–H groups in total. The molecule has 38 heavy (non-hydrogen) atoms. The number of thiophene rings is 1. The second kappa shape index (κ2) is 8.33. The molecule has 8 rings (SSSR count). The lowest BCUT2D eigenvalue weighted by Crippen LogP contribution is -2.00. The highest BCUT2D eigenvalue weighted by Gasteiger charge is 2.19. The quantitative estimate of drug-likeness (QED) is 0.240. The van der Waals surface area contributed by atoms with Crippen molar-refractivity contribution in [1.29, 1.82) is 0 Å². The Morgan fingerprint density at radius 1 is 0.474 bits per heavy atom. The fourth-order valence-corrected chi connectivity index (χ4v) is 6.43. The van der Waals surface area contributed by atoms with E-state index < -0.39 is 0 Å². The second-order valence-corrected chi connectivity index (χ2v) is 10.3. The molecule has 0 bridgehead atoms. The van der Waals surface area contributed by atoms with Gasteiger partial charge in [-0.3, -0.25) is 0 Å². The van der Waals surface area contributed by atoms with E-state index in [1.807, 2.05) is 60.7 Å². The third-order valence-corrected chi connectivity index (χ3v) is 8.18. The minimum atomic E-state index is 0.629. The molecule has 0 spiro atoms. The van der Waals surface area contributed by atoms with Crippen LogP contribution in [0.3, 0.4) is 0 Å². The molecule has 0 amide bonds. The summed E-state index contributed by atoms with van der Waals surface area (Å²) < 4.78 is 8.60. The van der Waals surface area contributed by atoms with Crippen molar-refractivity contribution in [2.24, 2.45) is 0 Å². The maximum absolute atomic E-state index is 6.17. The van der Waals surface area contributed by atoms with Crippen LogP contribution in [0.4, 0.5) is 0 Å². The number of para-hydroxylation sites is 1. The first-order valence-corrected chi connectivity index (χ1v) is 13.3. The van der Waals surface area contributed by atoms with E-state index in [4.69, 9.17) is 19.4 Å². The molecule has 0 aliphatic heterocycles. The van der Waals surface area contributed by atoms with Crippen molar-refractivity contribution in [3.8, 4) is 34.2 Å². The zero-order valence-corrected chi connectivity index (χ0v) is 20.9. The Morgan fingerprint density at radius 3 is 2.00 bits per heavy atom. The van der Waals surface area contributed by atoms with Crippen molar-refractivity contribution in [3.63, 3.8) is 0 Å². The average Bonchev–Trinajstić information content (AvgIpc) is 3.56. The number of hydrogen-bond acceptors (Lipinski definition) is 5. The fourth-order valence-electron chi connectivity index (χ4n) is 5.22. The van der Waals surface area contributed by atoms with Crippen LogP contribution in [0.1, 0.15) is 0 Å². The van der Waals surface area contributed by atoms with Gasteiger partial charge in [-0.15, -0.1) is 11.3 Å². The van der Waals surface area contributed by atoms with Gasteiger partial charge in [0.25, 0.3) is 0 Å². The predicted octanol–water partition coefficient (Wildman–Crippen LogP) is 9.14. The van der Waals surface area contributed by atoms with Gasteiger partial charge in [-0.2, -0.15) is 0 Å². The van der Waals surface area contributed by atoms with E-state index in [9.17, 15) is 0 Å². The van der Waals surface area contributed by atoms with Crippen molar-refractivity contribution < 1.29 is 4.42 Å². The summed E-state index contributed by atoms with van der Waals surface area (Å²) in [5.74, 6) is 1.94. The summed E-state index contributed by atoms with van der Waals surface area (Å²) in [5.41, 5.74) is 4.55. The van der Waals surface area contributed by atoms with Gasteiger partial charge >= 0.3 is 0 Å². The Bertz CT molecular complexity index is 2140. The molecule has 0 aliphatic rings. The van der Waals surface area contributed by atoms with E-state index in [-0.39, 0.29) is 0 Å². The lowest BCUT2D eigenvalue weighted by molar-refractivity contribution is 0.669. The Kier molecular flexibility index (Phi) is 4.66. The van der Waals surface area contributed by atoms with Crippen LogP contribution in [0.2, 0.25) is 0 Å². The highest BCUT2D eigenvalue weighted by molar-refractivity contribution is 7.26. The molecule has 3 aromatic heterocycles. The van der Waals surface area contributed by atoms with Crippen molar-refractivity contribution >= 4 is 53.4 Å². The van der Waals surface area contributed by atoms with Crippen LogP contribution in [0.25, 0.3) is 76.3 Å². The molecule has 4 nitrogen and oxygen atoms in total. The lowest BCUT2D eigenvalue weighted by atomic mass is 10.1. The molecule has 0 fully saturated rings. The maximum atomic E-state index is 6.17. The number of furan rings is 1. The highest BCUT2D eigenvalue weighted by atomic mass is 32.1. The number of nitrogens with zero attached hydrogens (tertiary/aromatic N) is 3. The minimum Gasteiger partial charge on any atom is -0.456 e. The molecule has 0 atom stereocenters. The summed E-state index contributed by atoms with van der Waals surface area (Å²) >= 11 is 1.78. The molecule has 0 saturated carbocycles. The number of fused-ring (bicyclic) bond motifs is 6. The molecule has 3 heterocycles. The molecule has 0 unspecified atom stereocenters. The minimum absolute atomic E-state index is 0.629. The topological polar surface area (TPSA) is 51.8 Å². The van der Waals surface area contributed by atoms with Crippen LogP contribution in [-0.2, 0) is 0 Å². The van der Waals surface area contributed by atoms with Crippen LogP contribution < -0.4 is 0 Å². The normalized spacial score (nSPS) is 11.7. The Balaban J connectivity index is 1.44. The van der Waals surface area contributed by atoms with E-state index in [1.165, 1.54) is 20.2 Å². The molecule has 0 aliphatic carbocycles. The lowest BCUT2D eigenvalue weighted by Gasteiger charge is -2.10. The maximum Gasteiger partial charge on any atom is 0.165 e. The Hall–Kier alpha value is -4.87. The van der Waals surface area contributed by atoms with Crippen molar-refractivity contribution in [3.05, 3.63) is 115 Å². The van der Waals surface area contributed by atoms with Crippen LogP contribution in [-0.4, -0.2) is 15.0 Å². The van der Waals surface area contributed by atoms with Crippen LogP contribution in [0.15, 0.2) is 120 Å². The Labute approximate surface area is 221 Å². The first kappa shape index (κ1) is 21.2. The number of benzene rings is 5. The van der Waals surface area contributed by atoms with E-state index in [0.29, 0.717) is 17.5 Å². The highest BCUT2D eigenvalue weighted by Crippen LogP contribution is 2.40. The van der Waals surface area contributed by atoms with Crippen LogP contribution in [0, 0.1) is 0 Å². The van der Waals surface area contributed by atoms with Gasteiger partial charge in [-0.1, -0.05) is 91.0 Å². The SMILES string of the molecule is c1ccc(-c2nc(-c3cccc4c3sc3ccccc34)nc(-c3cccc4oc5ccccc5c34)n2)cc1. The fraction of sp³-hybridized carbons (Fsp3) is 0.